The maximum atomic E-state index is 11.1. The lowest BCUT2D eigenvalue weighted by atomic mass is 10.0. The van der Waals surface area contributed by atoms with Crippen molar-refractivity contribution in [2.45, 2.75) is 12.5 Å². The van der Waals surface area contributed by atoms with E-state index in [1.807, 2.05) is 0 Å². The molecule has 1 rings (SSSR count). The van der Waals surface area contributed by atoms with E-state index >= 15 is 0 Å². The lowest BCUT2D eigenvalue weighted by molar-refractivity contribution is 0.107. The van der Waals surface area contributed by atoms with Gasteiger partial charge in [0, 0.05) is 14.2 Å². The van der Waals surface area contributed by atoms with Crippen molar-refractivity contribution in [2.24, 2.45) is 0 Å². The van der Waals surface area contributed by atoms with Gasteiger partial charge in [0.05, 0.1) is 6.61 Å². The van der Waals surface area contributed by atoms with Gasteiger partial charge >= 0.3 is 6.03 Å². The molecule has 0 aromatic carbocycles. The molecule has 68 valence electrons. The minimum atomic E-state index is -0.633. The fourth-order valence-electron chi connectivity index (χ4n) is 1.17. The maximum Gasteiger partial charge on any atom is 0.323 e. The van der Waals surface area contributed by atoms with Gasteiger partial charge in [0.15, 0.2) is 0 Å². The van der Waals surface area contributed by atoms with E-state index in [1.54, 1.807) is 21.1 Å². The van der Waals surface area contributed by atoms with E-state index < -0.39 is 5.54 Å². The number of hydrogen-bond donors (Lipinski definition) is 2. The predicted octanol–water partition coefficient (Wildman–Crippen LogP) is 0.0238. The molecule has 0 bridgehead atoms. The van der Waals surface area contributed by atoms with E-state index in [0.29, 0.717) is 6.61 Å². The van der Waals surface area contributed by atoms with Gasteiger partial charge in [-0.25, -0.2) is 4.79 Å². The Labute approximate surface area is 71.2 Å². The Hall–Kier alpha value is -1.10. The summed E-state index contributed by atoms with van der Waals surface area (Å²) in [6.07, 6.45) is 0. The maximum absolute atomic E-state index is 11.1. The molecule has 0 radical (unpaired) electrons. The topological polar surface area (TPSA) is 65.4 Å². The molecule has 1 atom stereocenters. The Morgan fingerprint density at radius 1 is 1.75 bits per heavy atom. The number of likely N-dealkylation sites (N-methyl/N-ethyl adjacent to an activating group) is 1. The van der Waals surface area contributed by atoms with E-state index in [-0.39, 0.29) is 11.9 Å². The minimum Gasteiger partial charge on any atom is -0.382 e. The number of nitrogens with zero attached hydrogens (tertiary/aromatic N) is 1. The van der Waals surface area contributed by atoms with Crippen molar-refractivity contribution in [2.75, 3.05) is 20.8 Å². The van der Waals surface area contributed by atoms with Gasteiger partial charge in [-0.3, -0.25) is 10.7 Å². The third kappa shape index (κ3) is 1.06. The molecule has 0 aliphatic carbocycles. The zero-order chi connectivity index (χ0) is 9.35. The number of hydrogen-bond acceptors (Lipinski definition) is 3. The van der Waals surface area contributed by atoms with E-state index in [2.05, 4.69) is 5.32 Å². The summed E-state index contributed by atoms with van der Waals surface area (Å²) >= 11 is 0. The van der Waals surface area contributed by atoms with Gasteiger partial charge in [0.25, 0.3) is 0 Å². The molecule has 1 fully saturated rings. The molecular formula is C7H13N3O2. The van der Waals surface area contributed by atoms with Crippen molar-refractivity contribution in [3.8, 4) is 0 Å². The van der Waals surface area contributed by atoms with Crippen LogP contribution in [0, 0.1) is 5.41 Å². The zero-order valence-corrected chi connectivity index (χ0v) is 7.47. The first-order valence-electron chi connectivity index (χ1n) is 3.65. The van der Waals surface area contributed by atoms with Crippen LogP contribution < -0.4 is 5.32 Å². The third-order valence-electron chi connectivity index (χ3n) is 2.24. The Kier molecular flexibility index (Phi) is 2.06. The molecule has 5 nitrogen and oxygen atoms in total. The summed E-state index contributed by atoms with van der Waals surface area (Å²) in [4.78, 5) is 12.6. The third-order valence-corrected chi connectivity index (χ3v) is 2.24. The van der Waals surface area contributed by atoms with Crippen molar-refractivity contribution >= 4 is 11.9 Å². The normalized spacial score (nSPS) is 29.4. The van der Waals surface area contributed by atoms with Crippen molar-refractivity contribution in [3.63, 3.8) is 0 Å². The second-order valence-corrected chi connectivity index (χ2v) is 3.07. The van der Waals surface area contributed by atoms with Crippen LogP contribution in [0.15, 0.2) is 0 Å². The van der Waals surface area contributed by atoms with Crippen molar-refractivity contribution in [1.82, 2.24) is 10.2 Å². The van der Waals surface area contributed by atoms with Crippen LogP contribution in [0.3, 0.4) is 0 Å². The summed E-state index contributed by atoms with van der Waals surface area (Å²) in [6.45, 7) is 2.12. The summed E-state index contributed by atoms with van der Waals surface area (Å²) in [5, 5.41) is 9.95. The average Bonchev–Trinajstić information content (AvgIpc) is 2.17. The quantitative estimate of drug-likeness (QED) is 0.615. The highest BCUT2D eigenvalue weighted by Gasteiger charge is 2.44. The molecule has 1 saturated heterocycles. The molecule has 0 saturated carbocycles. The molecule has 1 heterocycles. The molecular weight excluding hydrogens is 158 g/mol. The number of carbonyl (C=O) groups is 1. The van der Waals surface area contributed by atoms with Gasteiger partial charge in [0.2, 0.25) is 0 Å². The van der Waals surface area contributed by atoms with Crippen LogP contribution in [0.1, 0.15) is 6.92 Å². The number of carbonyl (C=O) groups excluding carboxylic acids is 1. The molecule has 0 aromatic rings. The molecule has 2 amide bonds. The van der Waals surface area contributed by atoms with Gasteiger partial charge in [-0.1, -0.05) is 0 Å². The van der Waals surface area contributed by atoms with Gasteiger partial charge in [-0.15, -0.1) is 0 Å². The van der Waals surface area contributed by atoms with Crippen LogP contribution in [-0.2, 0) is 4.74 Å². The van der Waals surface area contributed by atoms with E-state index in [9.17, 15) is 4.79 Å². The molecule has 1 aliphatic rings. The van der Waals surface area contributed by atoms with E-state index in [4.69, 9.17) is 10.1 Å². The number of urea groups is 1. The molecule has 5 heteroatoms. The standard InChI is InChI=1S/C7H13N3O2/c1-7(4-12-3)5(8)9-6(11)10(7)2/h4H2,1-3H3,(H2,8,9,11). The predicted molar refractivity (Wildman–Crippen MR) is 44.3 cm³/mol. The van der Waals surface area contributed by atoms with Gasteiger partial charge in [0.1, 0.15) is 11.4 Å². The molecule has 0 spiro atoms. The number of ether oxygens (including phenoxy) is 1. The van der Waals surface area contributed by atoms with Crippen molar-refractivity contribution in [1.29, 1.82) is 5.41 Å². The van der Waals surface area contributed by atoms with Gasteiger partial charge in [-0.2, -0.15) is 0 Å². The first kappa shape index (κ1) is 8.99. The smallest absolute Gasteiger partial charge is 0.323 e. The van der Waals surface area contributed by atoms with Crippen LogP contribution in [0.25, 0.3) is 0 Å². The molecule has 0 aromatic heterocycles. The Balaban J connectivity index is 2.87. The van der Waals surface area contributed by atoms with Crippen LogP contribution in [0.2, 0.25) is 0 Å². The molecule has 1 aliphatic heterocycles. The SMILES string of the molecule is COCC1(C)C(=N)NC(=O)N1C. The second kappa shape index (κ2) is 2.75. The van der Waals surface area contributed by atoms with Crippen LogP contribution in [0.4, 0.5) is 4.79 Å². The zero-order valence-electron chi connectivity index (χ0n) is 7.47. The number of rotatable bonds is 2. The largest absolute Gasteiger partial charge is 0.382 e. The second-order valence-electron chi connectivity index (χ2n) is 3.07. The highest BCUT2D eigenvalue weighted by molar-refractivity contribution is 6.08. The number of amides is 2. The Bertz CT molecular complexity index is 229. The van der Waals surface area contributed by atoms with Gasteiger partial charge in [-0.05, 0) is 6.92 Å². The average molecular weight is 171 g/mol. The van der Waals surface area contributed by atoms with Crippen molar-refractivity contribution < 1.29 is 9.53 Å². The highest BCUT2D eigenvalue weighted by atomic mass is 16.5. The minimum absolute atomic E-state index is 0.192. The monoisotopic (exact) mass is 171 g/mol. The lowest BCUT2D eigenvalue weighted by Gasteiger charge is -2.28. The summed E-state index contributed by atoms with van der Waals surface area (Å²) in [5.41, 5.74) is -0.633. The highest BCUT2D eigenvalue weighted by Crippen LogP contribution is 2.19. The number of amidine groups is 1. The first-order valence-corrected chi connectivity index (χ1v) is 3.65. The summed E-state index contributed by atoms with van der Waals surface area (Å²) in [5.74, 6) is 0.192. The van der Waals surface area contributed by atoms with Crippen LogP contribution in [0.5, 0.6) is 0 Å². The number of nitrogens with one attached hydrogen (secondary N) is 2. The van der Waals surface area contributed by atoms with E-state index in [1.165, 1.54) is 4.90 Å². The van der Waals surface area contributed by atoms with Gasteiger partial charge < -0.3 is 9.64 Å². The fraction of sp³-hybridized carbons (Fsp3) is 0.714. The van der Waals surface area contributed by atoms with E-state index in [0.717, 1.165) is 0 Å². The van der Waals surface area contributed by atoms with Crippen molar-refractivity contribution in [3.05, 3.63) is 0 Å². The first-order chi connectivity index (χ1) is 5.52. The summed E-state index contributed by atoms with van der Waals surface area (Å²) < 4.78 is 4.94. The van der Waals surface area contributed by atoms with Crippen LogP contribution in [-0.4, -0.2) is 43.1 Å². The Morgan fingerprint density at radius 3 is 2.67 bits per heavy atom. The van der Waals surface area contributed by atoms with Crippen LogP contribution >= 0.6 is 0 Å². The fourth-order valence-corrected chi connectivity index (χ4v) is 1.17. The summed E-state index contributed by atoms with van der Waals surface area (Å²) in [6, 6.07) is -0.250. The Morgan fingerprint density at radius 2 is 2.33 bits per heavy atom. The molecule has 1 unspecified atom stereocenters. The summed E-state index contributed by atoms with van der Waals surface area (Å²) in [7, 11) is 3.20. The molecule has 2 N–H and O–H groups in total. The number of methoxy groups -OCH3 is 1. The molecule has 12 heavy (non-hydrogen) atoms. The lowest BCUT2D eigenvalue weighted by Crippen LogP contribution is -2.48.